The van der Waals surface area contributed by atoms with Crippen molar-refractivity contribution in [3.8, 4) is 28.9 Å². The molecule has 1 amide bonds. The van der Waals surface area contributed by atoms with Crippen LogP contribution in [0.3, 0.4) is 0 Å². The summed E-state index contributed by atoms with van der Waals surface area (Å²) in [6.07, 6.45) is 4.94. The number of ether oxygens (including phenoxy) is 1. The number of carbonyl (C=O) groups excluding carboxylic acids is 1. The van der Waals surface area contributed by atoms with Crippen molar-refractivity contribution >= 4 is 6.09 Å². The predicted molar refractivity (Wildman–Crippen MR) is 109 cm³/mol. The van der Waals surface area contributed by atoms with Crippen LogP contribution in [-0.4, -0.2) is 54.2 Å². The number of benzene rings is 1. The van der Waals surface area contributed by atoms with Crippen LogP contribution in [0.5, 0.6) is 6.08 Å². The third kappa shape index (κ3) is 4.27. The number of nitrogens with zero attached hydrogens (tertiary/aromatic N) is 7. The Morgan fingerprint density at radius 1 is 1.06 bits per heavy atom. The van der Waals surface area contributed by atoms with Crippen molar-refractivity contribution in [3.63, 3.8) is 0 Å². The summed E-state index contributed by atoms with van der Waals surface area (Å²) in [5.41, 5.74) is 3.29. The number of carbonyl (C=O) groups is 1. The van der Waals surface area contributed by atoms with E-state index in [1.807, 2.05) is 48.7 Å². The minimum Gasteiger partial charge on any atom is -0.359 e. The van der Waals surface area contributed by atoms with Gasteiger partial charge in [0.05, 0.1) is 18.4 Å². The van der Waals surface area contributed by atoms with Gasteiger partial charge in [-0.1, -0.05) is 40.7 Å². The molecule has 156 valence electrons. The van der Waals surface area contributed by atoms with E-state index in [4.69, 9.17) is 9.26 Å². The fraction of sp³-hybridized carbons (Fsp3) is 0.238. The van der Waals surface area contributed by atoms with Crippen LogP contribution in [0.4, 0.5) is 4.79 Å². The Kier molecular flexibility index (Phi) is 5.09. The minimum absolute atomic E-state index is 0.152. The second kappa shape index (κ2) is 8.34. The summed E-state index contributed by atoms with van der Waals surface area (Å²) in [5.74, 6) is 0.356. The molecule has 10 heteroatoms. The number of hydrogen-bond acceptors (Lipinski definition) is 8. The van der Waals surface area contributed by atoms with E-state index in [9.17, 15) is 4.79 Å². The minimum atomic E-state index is -0.457. The lowest BCUT2D eigenvalue weighted by Gasteiger charge is -2.11. The lowest BCUT2D eigenvalue weighted by molar-refractivity contribution is 0.142. The molecule has 31 heavy (non-hydrogen) atoms. The highest BCUT2D eigenvalue weighted by Gasteiger charge is 2.22. The van der Waals surface area contributed by atoms with Gasteiger partial charge in [0, 0.05) is 24.8 Å². The number of rotatable bonds is 5. The zero-order chi connectivity index (χ0) is 21.0. The summed E-state index contributed by atoms with van der Waals surface area (Å²) < 4.78 is 12.0. The Bertz CT molecular complexity index is 1170. The second-order valence-electron chi connectivity index (χ2n) is 7.16. The summed E-state index contributed by atoms with van der Waals surface area (Å²) in [6.45, 7) is 1.94. The van der Waals surface area contributed by atoms with Crippen LogP contribution < -0.4 is 4.74 Å². The monoisotopic (exact) mass is 417 g/mol. The Morgan fingerprint density at radius 2 is 1.90 bits per heavy atom. The van der Waals surface area contributed by atoms with Crippen molar-refractivity contribution in [3.05, 3.63) is 60.4 Å². The molecule has 0 saturated carbocycles. The Hall–Kier alpha value is -4.08. The van der Waals surface area contributed by atoms with Gasteiger partial charge in [0.25, 0.3) is 0 Å². The van der Waals surface area contributed by atoms with Gasteiger partial charge in [-0.2, -0.15) is 4.98 Å². The molecule has 0 spiro atoms. The molecule has 0 bridgehead atoms. The van der Waals surface area contributed by atoms with Crippen LogP contribution in [0.15, 0.2) is 59.4 Å². The molecule has 5 rings (SSSR count). The molecule has 1 saturated heterocycles. The molecule has 0 atom stereocenters. The van der Waals surface area contributed by atoms with Gasteiger partial charge in [-0.25, -0.2) is 9.48 Å². The average molecular weight is 417 g/mol. The van der Waals surface area contributed by atoms with Gasteiger partial charge in [-0.05, 0) is 30.5 Å². The Labute approximate surface area is 177 Å². The molecule has 3 aromatic heterocycles. The molecule has 4 aromatic rings. The van der Waals surface area contributed by atoms with E-state index in [0.29, 0.717) is 25.5 Å². The summed E-state index contributed by atoms with van der Waals surface area (Å²) in [7, 11) is 0. The van der Waals surface area contributed by atoms with Gasteiger partial charge in [0.2, 0.25) is 5.82 Å². The van der Waals surface area contributed by atoms with Crippen molar-refractivity contribution < 1.29 is 14.1 Å². The summed E-state index contributed by atoms with van der Waals surface area (Å²) in [5, 5.41) is 12.2. The first kappa shape index (κ1) is 18.9. The molecule has 1 aromatic carbocycles. The molecular weight excluding hydrogens is 398 g/mol. The normalized spacial score (nSPS) is 13.5. The van der Waals surface area contributed by atoms with Crippen LogP contribution in [0.2, 0.25) is 0 Å². The quantitative estimate of drug-likeness (QED) is 0.487. The lowest BCUT2D eigenvalue weighted by atomic mass is 10.1. The molecule has 0 radical (unpaired) electrons. The molecule has 0 unspecified atom stereocenters. The SMILES string of the molecule is O=C(Oc1nc(-c2ccc(Cn3cc(-c4ccccn4)nn3)cc2)no1)N1CCCC1. The predicted octanol–water partition coefficient (Wildman–Crippen LogP) is 3.03. The van der Waals surface area contributed by atoms with Crippen LogP contribution in [-0.2, 0) is 6.54 Å². The Balaban J connectivity index is 1.23. The maximum absolute atomic E-state index is 12.0. The van der Waals surface area contributed by atoms with E-state index in [1.165, 1.54) is 0 Å². The van der Waals surface area contributed by atoms with Gasteiger partial charge in [-0.15, -0.1) is 5.10 Å². The topological polar surface area (TPSA) is 112 Å². The van der Waals surface area contributed by atoms with E-state index in [-0.39, 0.29) is 6.08 Å². The fourth-order valence-corrected chi connectivity index (χ4v) is 3.36. The van der Waals surface area contributed by atoms with Crippen LogP contribution >= 0.6 is 0 Å². The van der Waals surface area contributed by atoms with E-state index in [1.54, 1.807) is 15.8 Å². The second-order valence-corrected chi connectivity index (χ2v) is 7.16. The van der Waals surface area contributed by atoms with Gasteiger partial charge < -0.3 is 9.64 Å². The van der Waals surface area contributed by atoms with Crippen LogP contribution in [0.25, 0.3) is 22.8 Å². The number of amides is 1. The zero-order valence-electron chi connectivity index (χ0n) is 16.6. The van der Waals surface area contributed by atoms with Crippen molar-refractivity contribution in [2.24, 2.45) is 0 Å². The third-order valence-corrected chi connectivity index (χ3v) is 4.97. The molecule has 0 N–H and O–H groups in total. The number of hydrogen-bond donors (Lipinski definition) is 0. The highest BCUT2D eigenvalue weighted by Crippen LogP contribution is 2.21. The van der Waals surface area contributed by atoms with Gasteiger partial charge in [0.15, 0.2) is 0 Å². The first-order valence-corrected chi connectivity index (χ1v) is 9.96. The summed E-state index contributed by atoms with van der Waals surface area (Å²) in [4.78, 5) is 22.1. The van der Waals surface area contributed by atoms with Crippen molar-refractivity contribution in [1.29, 1.82) is 0 Å². The first-order valence-electron chi connectivity index (χ1n) is 9.96. The highest BCUT2D eigenvalue weighted by atomic mass is 16.7. The van der Waals surface area contributed by atoms with E-state index in [2.05, 4.69) is 25.4 Å². The smallest absolute Gasteiger partial charge is 0.359 e. The van der Waals surface area contributed by atoms with Gasteiger partial charge in [-0.3, -0.25) is 9.51 Å². The fourth-order valence-electron chi connectivity index (χ4n) is 3.36. The lowest BCUT2D eigenvalue weighted by Crippen LogP contribution is -2.30. The van der Waals surface area contributed by atoms with E-state index in [0.717, 1.165) is 35.4 Å². The maximum atomic E-state index is 12.0. The first-order chi connectivity index (χ1) is 15.2. The molecule has 1 aliphatic heterocycles. The van der Waals surface area contributed by atoms with E-state index >= 15 is 0 Å². The standard InChI is InChI=1S/C21H19N7O3/c29-21(27-11-3-4-12-27)30-20-23-19(25-31-20)16-8-6-15(7-9-16)13-28-14-18(24-26-28)17-5-1-2-10-22-17/h1-2,5-10,14H,3-4,11-13H2. The largest absolute Gasteiger partial charge is 0.426 e. The number of likely N-dealkylation sites (tertiary alicyclic amines) is 1. The van der Waals surface area contributed by atoms with Crippen molar-refractivity contribution in [1.82, 2.24) is 35.0 Å². The van der Waals surface area contributed by atoms with Gasteiger partial charge in [0.1, 0.15) is 5.69 Å². The molecule has 1 aliphatic rings. The van der Waals surface area contributed by atoms with E-state index < -0.39 is 6.09 Å². The molecule has 1 fully saturated rings. The number of aromatic nitrogens is 6. The van der Waals surface area contributed by atoms with Crippen molar-refractivity contribution in [2.75, 3.05) is 13.1 Å². The molecule has 4 heterocycles. The Morgan fingerprint density at radius 3 is 2.68 bits per heavy atom. The average Bonchev–Trinajstić information content (AvgIpc) is 3.57. The molecule has 0 aliphatic carbocycles. The zero-order valence-corrected chi connectivity index (χ0v) is 16.6. The maximum Gasteiger partial charge on any atom is 0.426 e. The highest BCUT2D eigenvalue weighted by molar-refractivity contribution is 5.70. The molecule has 10 nitrogen and oxygen atoms in total. The summed E-state index contributed by atoms with van der Waals surface area (Å²) >= 11 is 0. The third-order valence-electron chi connectivity index (χ3n) is 4.97. The van der Waals surface area contributed by atoms with Crippen LogP contribution in [0, 0.1) is 0 Å². The van der Waals surface area contributed by atoms with Gasteiger partial charge >= 0.3 is 12.2 Å². The summed E-state index contributed by atoms with van der Waals surface area (Å²) in [6, 6.07) is 13.3. The van der Waals surface area contributed by atoms with Crippen molar-refractivity contribution in [2.45, 2.75) is 19.4 Å². The molecular formula is C21H19N7O3. The number of pyridine rings is 1. The van der Waals surface area contributed by atoms with Crippen LogP contribution in [0.1, 0.15) is 18.4 Å².